The third-order valence-corrected chi connectivity index (χ3v) is 5.20. The summed E-state index contributed by atoms with van der Waals surface area (Å²) in [6, 6.07) is 10.00. The number of benzene rings is 1. The van der Waals surface area contributed by atoms with Gasteiger partial charge in [-0.3, -0.25) is 4.79 Å². The molecule has 1 aromatic carbocycles. The molecular weight excluding hydrogens is 316 g/mol. The molecule has 4 rings (SSSR count). The molecule has 5 nitrogen and oxygen atoms in total. The van der Waals surface area contributed by atoms with Gasteiger partial charge in [-0.05, 0) is 55.0 Å². The van der Waals surface area contributed by atoms with Crippen molar-refractivity contribution in [2.45, 2.75) is 31.7 Å². The van der Waals surface area contributed by atoms with Gasteiger partial charge in [-0.2, -0.15) is 0 Å². The molecule has 0 bridgehead atoms. The summed E-state index contributed by atoms with van der Waals surface area (Å²) in [5.41, 5.74) is 3.94. The van der Waals surface area contributed by atoms with Crippen LogP contribution in [0, 0.1) is 0 Å². The van der Waals surface area contributed by atoms with Crippen LogP contribution in [-0.2, 0) is 12.8 Å². The van der Waals surface area contributed by atoms with Crippen LogP contribution in [0.15, 0.2) is 30.3 Å². The Hall–Kier alpha value is -2.56. The zero-order valence-electron chi connectivity index (χ0n) is 14.6. The molecule has 0 radical (unpaired) electrons. The molecule has 2 aromatic rings. The average molecular weight is 338 g/mol. The third kappa shape index (κ3) is 2.73. The zero-order chi connectivity index (χ0) is 17.4. The van der Waals surface area contributed by atoms with Gasteiger partial charge in [-0.25, -0.2) is 4.98 Å². The lowest BCUT2D eigenvalue weighted by Gasteiger charge is -2.41. The number of nitrogens with zero attached hydrogens (tertiary/aromatic N) is 2. The van der Waals surface area contributed by atoms with Crippen molar-refractivity contribution < 1.29 is 14.3 Å². The molecule has 1 aliphatic heterocycles. The standard InChI is InChI=1S/C20H22N2O3/c1-24-15-7-3-6-14(11-15)18-9-10-22(18)20(23)16-12-13-5-4-8-17(13)21-19(16)25-2/h3,6-7,11-12,18H,4-5,8-10H2,1-2H3/t18-/m1/s1. The average Bonchev–Trinajstić information content (AvgIpc) is 3.07. The molecular formula is C20H22N2O3. The molecule has 25 heavy (non-hydrogen) atoms. The Morgan fingerprint density at radius 3 is 2.80 bits per heavy atom. The first-order chi connectivity index (χ1) is 12.2. The highest BCUT2D eigenvalue weighted by molar-refractivity contribution is 5.97. The van der Waals surface area contributed by atoms with Crippen LogP contribution < -0.4 is 9.47 Å². The molecule has 2 aliphatic rings. The Morgan fingerprint density at radius 1 is 1.20 bits per heavy atom. The third-order valence-electron chi connectivity index (χ3n) is 5.20. The first kappa shape index (κ1) is 15.9. The van der Waals surface area contributed by atoms with Crippen LogP contribution in [0.25, 0.3) is 0 Å². The summed E-state index contributed by atoms with van der Waals surface area (Å²) in [5.74, 6) is 1.26. The minimum absolute atomic E-state index is 0.00174. The van der Waals surface area contributed by atoms with E-state index in [1.165, 1.54) is 5.56 Å². The van der Waals surface area contributed by atoms with Crippen LogP contribution in [0.5, 0.6) is 11.6 Å². The molecule has 5 heteroatoms. The summed E-state index contributed by atoms with van der Waals surface area (Å²) in [7, 11) is 3.24. The second-order valence-corrected chi connectivity index (χ2v) is 6.58. The van der Waals surface area contributed by atoms with E-state index in [4.69, 9.17) is 9.47 Å². The Kier molecular flexibility index (Phi) is 4.07. The Labute approximate surface area is 147 Å². The number of hydrogen-bond donors (Lipinski definition) is 0. The zero-order valence-corrected chi connectivity index (χ0v) is 14.6. The minimum atomic E-state index is -0.00174. The fraction of sp³-hybridized carbons (Fsp3) is 0.400. The van der Waals surface area contributed by atoms with Gasteiger partial charge in [0.1, 0.15) is 11.3 Å². The first-order valence-corrected chi connectivity index (χ1v) is 8.73. The monoisotopic (exact) mass is 338 g/mol. The van der Waals surface area contributed by atoms with Crippen molar-refractivity contribution in [2.75, 3.05) is 20.8 Å². The van der Waals surface area contributed by atoms with Crippen molar-refractivity contribution in [1.29, 1.82) is 0 Å². The molecule has 1 fully saturated rings. The van der Waals surface area contributed by atoms with E-state index in [0.717, 1.165) is 49.2 Å². The molecule has 1 saturated heterocycles. The van der Waals surface area contributed by atoms with E-state index in [1.54, 1.807) is 14.2 Å². The first-order valence-electron chi connectivity index (χ1n) is 8.73. The number of likely N-dealkylation sites (tertiary alicyclic amines) is 1. The van der Waals surface area contributed by atoms with E-state index in [-0.39, 0.29) is 11.9 Å². The van der Waals surface area contributed by atoms with Crippen molar-refractivity contribution in [3.63, 3.8) is 0 Å². The lowest BCUT2D eigenvalue weighted by Crippen LogP contribution is -2.45. The van der Waals surface area contributed by atoms with Crippen LogP contribution in [0.3, 0.4) is 0 Å². The maximum atomic E-state index is 13.1. The summed E-state index contributed by atoms with van der Waals surface area (Å²) in [6.07, 6.45) is 4.01. The van der Waals surface area contributed by atoms with E-state index in [2.05, 4.69) is 4.98 Å². The number of hydrogen-bond acceptors (Lipinski definition) is 4. The fourth-order valence-corrected chi connectivity index (χ4v) is 3.74. The van der Waals surface area contributed by atoms with Crippen LogP contribution in [0.4, 0.5) is 0 Å². The van der Waals surface area contributed by atoms with Crippen LogP contribution in [0.1, 0.15) is 46.1 Å². The van der Waals surface area contributed by atoms with Gasteiger partial charge < -0.3 is 14.4 Å². The molecule has 0 N–H and O–H groups in total. The molecule has 0 saturated carbocycles. The predicted octanol–water partition coefficient (Wildman–Crippen LogP) is 3.17. The van der Waals surface area contributed by atoms with E-state index in [1.807, 2.05) is 35.2 Å². The number of carbonyl (C=O) groups is 1. The SMILES string of the molecule is COc1cccc([C@H]2CCN2C(=O)c2cc3c(nc2OC)CCC3)c1. The largest absolute Gasteiger partial charge is 0.497 e. The van der Waals surface area contributed by atoms with E-state index >= 15 is 0 Å². The highest BCUT2D eigenvalue weighted by Gasteiger charge is 2.36. The molecule has 130 valence electrons. The second-order valence-electron chi connectivity index (χ2n) is 6.58. The van der Waals surface area contributed by atoms with Gasteiger partial charge in [-0.1, -0.05) is 12.1 Å². The Morgan fingerprint density at radius 2 is 2.08 bits per heavy atom. The highest BCUT2D eigenvalue weighted by Crippen LogP contribution is 2.37. The number of carbonyl (C=O) groups excluding carboxylic acids is 1. The quantitative estimate of drug-likeness (QED) is 0.859. The smallest absolute Gasteiger partial charge is 0.259 e. The highest BCUT2D eigenvalue weighted by atomic mass is 16.5. The van der Waals surface area contributed by atoms with E-state index in [0.29, 0.717) is 11.4 Å². The molecule has 1 amide bonds. The maximum absolute atomic E-state index is 13.1. The van der Waals surface area contributed by atoms with Crippen LogP contribution in [0.2, 0.25) is 0 Å². The maximum Gasteiger partial charge on any atom is 0.259 e. The van der Waals surface area contributed by atoms with Gasteiger partial charge in [-0.15, -0.1) is 0 Å². The number of aromatic nitrogens is 1. The number of fused-ring (bicyclic) bond motifs is 1. The number of rotatable bonds is 4. The Bertz CT molecular complexity index is 819. The molecule has 1 aromatic heterocycles. The summed E-state index contributed by atoms with van der Waals surface area (Å²) < 4.78 is 10.7. The summed E-state index contributed by atoms with van der Waals surface area (Å²) in [4.78, 5) is 19.6. The number of ether oxygens (including phenoxy) is 2. The van der Waals surface area contributed by atoms with Crippen LogP contribution in [-0.4, -0.2) is 36.6 Å². The minimum Gasteiger partial charge on any atom is -0.497 e. The molecule has 1 aliphatic carbocycles. The van der Waals surface area contributed by atoms with Gasteiger partial charge in [0.2, 0.25) is 5.88 Å². The fourth-order valence-electron chi connectivity index (χ4n) is 3.74. The number of amides is 1. The second kappa shape index (κ2) is 6.39. The van der Waals surface area contributed by atoms with Gasteiger partial charge in [0.15, 0.2) is 0 Å². The molecule has 0 spiro atoms. The van der Waals surface area contributed by atoms with Crippen molar-refractivity contribution in [2.24, 2.45) is 0 Å². The van der Waals surface area contributed by atoms with Gasteiger partial charge in [0, 0.05) is 12.2 Å². The topological polar surface area (TPSA) is 51.7 Å². The van der Waals surface area contributed by atoms with Crippen molar-refractivity contribution in [1.82, 2.24) is 9.88 Å². The summed E-state index contributed by atoms with van der Waals surface area (Å²) in [6.45, 7) is 0.751. The molecule has 0 unspecified atom stereocenters. The summed E-state index contributed by atoms with van der Waals surface area (Å²) in [5, 5.41) is 0. The number of aryl methyl sites for hydroxylation is 2. The van der Waals surface area contributed by atoms with Gasteiger partial charge >= 0.3 is 0 Å². The van der Waals surface area contributed by atoms with Gasteiger partial charge in [0.25, 0.3) is 5.91 Å². The van der Waals surface area contributed by atoms with Gasteiger partial charge in [0.05, 0.1) is 20.3 Å². The number of methoxy groups -OCH3 is 2. The Balaban J connectivity index is 1.63. The predicted molar refractivity (Wildman–Crippen MR) is 94.2 cm³/mol. The van der Waals surface area contributed by atoms with Crippen molar-refractivity contribution in [3.05, 3.63) is 52.7 Å². The molecule has 2 heterocycles. The lowest BCUT2D eigenvalue weighted by molar-refractivity contribution is 0.0455. The number of pyridine rings is 1. The molecule has 1 atom stereocenters. The van der Waals surface area contributed by atoms with E-state index in [9.17, 15) is 4.79 Å². The van der Waals surface area contributed by atoms with Crippen LogP contribution >= 0.6 is 0 Å². The normalized spacial score (nSPS) is 18.5. The van der Waals surface area contributed by atoms with Crippen molar-refractivity contribution >= 4 is 5.91 Å². The summed E-state index contributed by atoms with van der Waals surface area (Å²) >= 11 is 0. The van der Waals surface area contributed by atoms with Crippen molar-refractivity contribution in [3.8, 4) is 11.6 Å². The lowest BCUT2D eigenvalue weighted by atomic mass is 9.93. The van der Waals surface area contributed by atoms with E-state index < -0.39 is 0 Å².